The van der Waals surface area contributed by atoms with Gasteiger partial charge in [-0.1, -0.05) is 24.3 Å². The molecule has 26 heavy (non-hydrogen) atoms. The second kappa shape index (κ2) is 7.61. The van der Waals surface area contributed by atoms with E-state index in [-0.39, 0.29) is 10.6 Å². The van der Waals surface area contributed by atoms with Crippen LogP contribution in [0.2, 0.25) is 0 Å². The van der Waals surface area contributed by atoms with E-state index in [1.807, 2.05) is 36.4 Å². The maximum Gasteiger partial charge on any atom is 0.294 e. The molecule has 0 radical (unpaired) electrons. The van der Waals surface area contributed by atoms with Gasteiger partial charge in [-0.05, 0) is 33.4 Å². The van der Waals surface area contributed by atoms with Gasteiger partial charge in [-0.15, -0.1) is 0 Å². The Morgan fingerprint density at radius 2 is 1.81 bits per heavy atom. The van der Waals surface area contributed by atoms with E-state index in [1.165, 1.54) is 6.07 Å². The van der Waals surface area contributed by atoms with Crippen LogP contribution in [0.25, 0.3) is 10.8 Å². The molecule has 0 unspecified atom stereocenters. The lowest BCUT2D eigenvalue weighted by Gasteiger charge is -2.14. The van der Waals surface area contributed by atoms with Crippen LogP contribution in [0.4, 0.5) is 11.4 Å². The first-order valence-corrected chi connectivity index (χ1v) is 8.65. The van der Waals surface area contributed by atoms with Crippen molar-refractivity contribution in [3.05, 3.63) is 68.7 Å². The van der Waals surface area contributed by atoms with Gasteiger partial charge in [-0.25, -0.2) is 0 Å². The molecule has 0 aliphatic carbocycles. The fraction of sp³-hybridized carbons (Fsp3) is 0.158. The van der Waals surface area contributed by atoms with Gasteiger partial charge in [0.1, 0.15) is 17.2 Å². The maximum absolute atomic E-state index is 11.5. The Labute approximate surface area is 159 Å². The van der Waals surface area contributed by atoms with E-state index < -0.39 is 0 Å². The van der Waals surface area contributed by atoms with Crippen molar-refractivity contribution in [2.45, 2.75) is 6.54 Å². The predicted octanol–water partition coefficient (Wildman–Crippen LogP) is 5.14. The third-order valence-electron chi connectivity index (χ3n) is 4.12. The normalized spacial score (nSPS) is 10.6. The van der Waals surface area contributed by atoms with Crippen LogP contribution in [-0.4, -0.2) is 19.1 Å². The molecule has 0 bridgehead atoms. The van der Waals surface area contributed by atoms with E-state index in [4.69, 9.17) is 9.47 Å². The number of nitro groups is 1. The van der Waals surface area contributed by atoms with E-state index in [1.54, 1.807) is 20.3 Å². The Balaban J connectivity index is 2.02. The highest BCUT2D eigenvalue weighted by Crippen LogP contribution is 2.38. The van der Waals surface area contributed by atoms with Crippen molar-refractivity contribution in [3.8, 4) is 11.5 Å². The van der Waals surface area contributed by atoms with Crippen LogP contribution >= 0.6 is 15.9 Å². The molecule has 0 atom stereocenters. The van der Waals surface area contributed by atoms with Crippen LogP contribution < -0.4 is 14.8 Å². The van der Waals surface area contributed by atoms with Gasteiger partial charge >= 0.3 is 0 Å². The molecule has 0 aromatic heterocycles. The molecule has 0 amide bonds. The third kappa shape index (κ3) is 3.43. The largest absolute Gasteiger partial charge is 0.497 e. The molecule has 0 fully saturated rings. The van der Waals surface area contributed by atoms with E-state index in [0.717, 1.165) is 16.3 Å². The summed E-state index contributed by atoms with van der Waals surface area (Å²) in [6, 6.07) is 14.5. The summed E-state index contributed by atoms with van der Waals surface area (Å²) in [5.41, 5.74) is 1.37. The number of hydrogen-bond acceptors (Lipinski definition) is 5. The number of rotatable bonds is 6. The minimum absolute atomic E-state index is 0.0167. The molecular weight excluding hydrogens is 400 g/mol. The molecule has 3 aromatic carbocycles. The van der Waals surface area contributed by atoms with Crippen LogP contribution in [0.1, 0.15) is 5.56 Å². The summed E-state index contributed by atoms with van der Waals surface area (Å²) in [5.74, 6) is 1.34. The number of fused-ring (bicyclic) bond motifs is 1. The average molecular weight is 417 g/mol. The monoisotopic (exact) mass is 416 g/mol. The molecule has 6 nitrogen and oxygen atoms in total. The summed E-state index contributed by atoms with van der Waals surface area (Å²) in [5, 5.41) is 16.4. The predicted molar refractivity (Wildman–Crippen MR) is 105 cm³/mol. The summed E-state index contributed by atoms with van der Waals surface area (Å²) in [6.07, 6.45) is 0. The van der Waals surface area contributed by atoms with Crippen LogP contribution in [0.15, 0.2) is 53.0 Å². The molecule has 0 aliphatic heterocycles. The lowest BCUT2D eigenvalue weighted by atomic mass is 10.1. The molecular formula is C19H17BrN2O4. The van der Waals surface area contributed by atoms with Gasteiger partial charge in [-0.2, -0.15) is 0 Å². The first kappa shape index (κ1) is 18.0. The second-order valence-corrected chi connectivity index (χ2v) is 6.44. The highest BCUT2D eigenvalue weighted by molar-refractivity contribution is 9.10. The Kier molecular flexibility index (Phi) is 5.27. The Hall–Kier alpha value is -2.80. The molecule has 0 saturated heterocycles. The van der Waals surface area contributed by atoms with Crippen LogP contribution in [0, 0.1) is 10.1 Å². The van der Waals surface area contributed by atoms with Gasteiger partial charge in [-0.3, -0.25) is 10.1 Å². The summed E-state index contributed by atoms with van der Waals surface area (Å²) in [7, 11) is 3.17. The van der Waals surface area contributed by atoms with E-state index in [2.05, 4.69) is 21.2 Å². The van der Waals surface area contributed by atoms with Gasteiger partial charge in [0, 0.05) is 34.1 Å². The molecule has 3 rings (SSSR count). The third-order valence-corrected chi connectivity index (χ3v) is 4.78. The van der Waals surface area contributed by atoms with Gasteiger partial charge in [0.15, 0.2) is 0 Å². The molecule has 0 heterocycles. The minimum Gasteiger partial charge on any atom is -0.497 e. The van der Waals surface area contributed by atoms with Crippen molar-refractivity contribution in [2.75, 3.05) is 19.5 Å². The Morgan fingerprint density at radius 3 is 2.46 bits per heavy atom. The van der Waals surface area contributed by atoms with Gasteiger partial charge in [0.25, 0.3) is 5.69 Å². The number of ether oxygens (including phenoxy) is 2. The smallest absolute Gasteiger partial charge is 0.294 e. The van der Waals surface area contributed by atoms with Crippen molar-refractivity contribution in [2.24, 2.45) is 0 Å². The van der Waals surface area contributed by atoms with Gasteiger partial charge in [0.05, 0.1) is 19.1 Å². The van der Waals surface area contributed by atoms with E-state index >= 15 is 0 Å². The first-order valence-electron chi connectivity index (χ1n) is 7.85. The van der Waals surface area contributed by atoms with Crippen molar-refractivity contribution >= 4 is 38.1 Å². The van der Waals surface area contributed by atoms with Gasteiger partial charge in [0.2, 0.25) is 0 Å². The lowest BCUT2D eigenvalue weighted by Crippen LogP contribution is -2.05. The fourth-order valence-electron chi connectivity index (χ4n) is 2.83. The topological polar surface area (TPSA) is 73.6 Å². The minimum atomic E-state index is -0.384. The number of nitrogens with one attached hydrogen (secondary N) is 1. The number of methoxy groups -OCH3 is 2. The molecule has 0 aliphatic rings. The van der Waals surface area contributed by atoms with E-state index in [0.29, 0.717) is 28.2 Å². The number of nitrogens with zero attached hydrogens (tertiary/aromatic N) is 1. The summed E-state index contributed by atoms with van der Waals surface area (Å²) >= 11 is 3.42. The molecule has 0 saturated carbocycles. The van der Waals surface area contributed by atoms with Crippen LogP contribution in [0.5, 0.6) is 11.5 Å². The zero-order valence-corrected chi connectivity index (χ0v) is 15.9. The summed E-state index contributed by atoms with van der Waals surface area (Å²) < 4.78 is 11.3. The molecule has 1 N–H and O–H groups in total. The second-order valence-electron chi connectivity index (χ2n) is 5.59. The van der Waals surface area contributed by atoms with Crippen molar-refractivity contribution in [3.63, 3.8) is 0 Å². The Bertz CT molecular complexity index is 975. The molecule has 134 valence electrons. The zero-order chi connectivity index (χ0) is 18.7. The summed E-state index contributed by atoms with van der Waals surface area (Å²) in [6.45, 7) is 0.375. The van der Waals surface area contributed by atoms with Crippen LogP contribution in [0.3, 0.4) is 0 Å². The van der Waals surface area contributed by atoms with Crippen molar-refractivity contribution in [1.82, 2.24) is 0 Å². The average Bonchev–Trinajstić information content (AvgIpc) is 2.67. The lowest BCUT2D eigenvalue weighted by molar-refractivity contribution is -0.383. The number of halogens is 1. The quantitative estimate of drug-likeness (QED) is 0.444. The molecule has 0 spiro atoms. The number of anilines is 1. The summed E-state index contributed by atoms with van der Waals surface area (Å²) in [4.78, 5) is 11.2. The van der Waals surface area contributed by atoms with Crippen molar-refractivity contribution < 1.29 is 14.4 Å². The maximum atomic E-state index is 11.5. The number of nitro benzene ring substituents is 1. The zero-order valence-electron chi connectivity index (χ0n) is 14.3. The highest BCUT2D eigenvalue weighted by Gasteiger charge is 2.19. The fourth-order valence-corrected chi connectivity index (χ4v) is 3.39. The number of benzene rings is 3. The molecule has 7 heteroatoms. The standard InChI is InChI=1S/C19H17BrN2O4/c1-25-13-8-7-12(18(9-13)26-2)11-21-19-15-6-4-3-5-14(15)16(20)10-17(19)22(23)24/h3-10,21H,11H2,1-2H3. The highest BCUT2D eigenvalue weighted by atomic mass is 79.9. The van der Waals surface area contributed by atoms with Crippen LogP contribution in [-0.2, 0) is 6.54 Å². The first-order chi connectivity index (χ1) is 12.5. The SMILES string of the molecule is COc1ccc(CNc2c([N+](=O)[O-])cc(Br)c3ccccc23)c(OC)c1. The molecule has 3 aromatic rings. The van der Waals surface area contributed by atoms with E-state index in [9.17, 15) is 10.1 Å². The number of hydrogen-bond donors (Lipinski definition) is 1. The Morgan fingerprint density at radius 1 is 1.08 bits per heavy atom. The van der Waals surface area contributed by atoms with Gasteiger partial charge < -0.3 is 14.8 Å². The van der Waals surface area contributed by atoms with Crippen molar-refractivity contribution in [1.29, 1.82) is 0 Å².